The van der Waals surface area contributed by atoms with Gasteiger partial charge in [-0.1, -0.05) is 0 Å². The standard InChI is InChI=1S/C18H24N2O8S/c1-27-14-7-12-3-6-19(9-13(12)8-15(14)28-2)29(25,26)10-16(20(24)11-21)18(4-5-18)17(22)23/h7-8,11,16,24H,3-6,9-10H2,1-2H3,(H,22,23). The van der Waals surface area contributed by atoms with Crippen LogP contribution in [0.1, 0.15) is 24.0 Å². The summed E-state index contributed by atoms with van der Waals surface area (Å²) in [4.78, 5) is 22.7. The first-order valence-electron chi connectivity index (χ1n) is 9.06. The van der Waals surface area contributed by atoms with Crippen molar-refractivity contribution in [3.05, 3.63) is 23.3 Å². The molecule has 1 aromatic carbocycles. The molecule has 1 fully saturated rings. The van der Waals surface area contributed by atoms with Gasteiger partial charge in [0.25, 0.3) is 0 Å². The van der Waals surface area contributed by atoms with Crippen molar-refractivity contribution in [3.8, 4) is 11.5 Å². The quantitative estimate of drug-likeness (QED) is 0.329. The second-order valence-electron chi connectivity index (χ2n) is 7.30. The number of benzene rings is 1. The van der Waals surface area contributed by atoms with Crippen LogP contribution in [0.5, 0.6) is 11.5 Å². The van der Waals surface area contributed by atoms with Crippen LogP contribution in [0.4, 0.5) is 0 Å². The molecule has 1 atom stereocenters. The largest absolute Gasteiger partial charge is 0.493 e. The Morgan fingerprint density at radius 1 is 1.28 bits per heavy atom. The van der Waals surface area contributed by atoms with Gasteiger partial charge in [0.15, 0.2) is 11.5 Å². The van der Waals surface area contributed by atoms with Crippen LogP contribution in [0.3, 0.4) is 0 Å². The lowest BCUT2D eigenvalue weighted by atomic mass is 9.98. The third-order valence-corrected chi connectivity index (χ3v) is 7.56. The molecule has 2 N–H and O–H groups in total. The van der Waals surface area contributed by atoms with Gasteiger partial charge in [0.05, 0.1) is 31.4 Å². The number of hydroxylamine groups is 2. The molecule has 2 aliphatic rings. The Morgan fingerprint density at radius 2 is 1.86 bits per heavy atom. The van der Waals surface area contributed by atoms with E-state index in [2.05, 4.69) is 0 Å². The number of carboxylic acid groups (broad SMARTS) is 1. The number of methoxy groups -OCH3 is 2. The van der Waals surface area contributed by atoms with Gasteiger partial charge in [-0.15, -0.1) is 0 Å². The molecule has 1 saturated carbocycles. The fraction of sp³-hybridized carbons (Fsp3) is 0.556. The monoisotopic (exact) mass is 428 g/mol. The number of nitrogens with zero attached hydrogens (tertiary/aromatic N) is 2. The van der Waals surface area contributed by atoms with Crippen LogP contribution in [0.15, 0.2) is 12.1 Å². The van der Waals surface area contributed by atoms with E-state index in [9.17, 15) is 28.3 Å². The lowest BCUT2D eigenvalue weighted by Crippen LogP contribution is -2.50. The van der Waals surface area contributed by atoms with Crippen LogP contribution in [0.2, 0.25) is 0 Å². The van der Waals surface area contributed by atoms with Crippen LogP contribution in [0, 0.1) is 5.41 Å². The van der Waals surface area contributed by atoms with Gasteiger partial charge in [-0.05, 0) is 42.5 Å². The maximum absolute atomic E-state index is 13.0. The summed E-state index contributed by atoms with van der Waals surface area (Å²) in [5.41, 5.74) is 0.253. The number of carboxylic acids is 1. The topological polar surface area (TPSA) is 134 Å². The summed E-state index contributed by atoms with van der Waals surface area (Å²) in [6.07, 6.45) is 0.895. The highest BCUT2D eigenvalue weighted by molar-refractivity contribution is 7.89. The molecule has 0 spiro atoms. The molecule has 3 rings (SSSR count). The number of carbonyl (C=O) groups is 2. The van der Waals surface area contributed by atoms with Gasteiger partial charge >= 0.3 is 5.97 Å². The van der Waals surface area contributed by atoms with Crippen molar-refractivity contribution >= 4 is 22.4 Å². The number of hydrogen-bond donors (Lipinski definition) is 2. The number of sulfonamides is 1. The summed E-state index contributed by atoms with van der Waals surface area (Å²) in [5, 5.41) is 19.5. The number of rotatable bonds is 9. The van der Waals surface area contributed by atoms with Gasteiger partial charge in [-0.25, -0.2) is 13.5 Å². The molecule has 160 valence electrons. The summed E-state index contributed by atoms with van der Waals surface area (Å²) in [5.74, 6) is -0.855. The molecule has 29 heavy (non-hydrogen) atoms. The summed E-state index contributed by atoms with van der Waals surface area (Å²) in [6.45, 7) is 0.279. The molecule has 1 aliphatic carbocycles. The average molecular weight is 428 g/mol. The van der Waals surface area contributed by atoms with E-state index < -0.39 is 33.2 Å². The second-order valence-corrected chi connectivity index (χ2v) is 9.31. The van der Waals surface area contributed by atoms with Crippen LogP contribution in [-0.4, -0.2) is 73.0 Å². The summed E-state index contributed by atoms with van der Waals surface area (Å²) in [7, 11) is -0.945. The number of amides is 1. The third kappa shape index (κ3) is 3.89. The number of carbonyl (C=O) groups excluding carboxylic acids is 1. The van der Waals surface area contributed by atoms with Crippen LogP contribution in [0.25, 0.3) is 0 Å². The fourth-order valence-electron chi connectivity index (χ4n) is 3.79. The Kier molecular flexibility index (Phi) is 5.74. The van der Waals surface area contributed by atoms with Gasteiger partial charge < -0.3 is 14.6 Å². The predicted octanol–water partition coefficient (Wildman–Crippen LogP) is 0.473. The minimum atomic E-state index is -3.95. The van der Waals surface area contributed by atoms with E-state index in [0.717, 1.165) is 11.1 Å². The first kappa shape index (κ1) is 21.3. The number of ether oxygens (including phenoxy) is 2. The molecule has 0 saturated heterocycles. The molecule has 10 nitrogen and oxygen atoms in total. The molecule has 0 aromatic heterocycles. The molecule has 0 radical (unpaired) electrons. The van der Waals surface area contributed by atoms with Crippen molar-refractivity contribution in [2.24, 2.45) is 5.41 Å². The van der Waals surface area contributed by atoms with E-state index in [1.165, 1.54) is 18.5 Å². The van der Waals surface area contributed by atoms with Gasteiger partial charge in [0.2, 0.25) is 16.4 Å². The average Bonchev–Trinajstić information content (AvgIpc) is 3.51. The Bertz CT molecular complexity index is 913. The number of fused-ring (bicyclic) bond motifs is 1. The summed E-state index contributed by atoms with van der Waals surface area (Å²) in [6, 6.07) is 2.18. The SMILES string of the molecule is COc1cc2c(cc1OC)CN(S(=O)(=O)CC(N(O)C=O)C1(C(=O)O)CC1)CC2. The van der Waals surface area contributed by atoms with Crippen molar-refractivity contribution in [1.82, 2.24) is 9.37 Å². The van der Waals surface area contributed by atoms with Crippen LogP contribution >= 0.6 is 0 Å². The van der Waals surface area contributed by atoms with Crippen molar-refractivity contribution in [2.75, 3.05) is 26.5 Å². The maximum atomic E-state index is 13.0. The Labute approximate surface area is 168 Å². The van der Waals surface area contributed by atoms with Crippen LogP contribution < -0.4 is 9.47 Å². The highest BCUT2D eigenvalue weighted by Crippen LogP contribution is 2.51. The van der Waals surface area contributed by atoms with Crippen molar-refractivity contribution in [1.29, 1.82) is 0 Å². The maximum Gasteiger partial charge on any atom is 0.311 e. The Hall–Kier alpha value is -2.37. The van der Waals surface area contributed by atoms with Gasteiger partial charge in [0, 0.05) is 13.1 Å². The van der Waals surface area contributed by atoms with Gasteiger partial charge in [-0.3, -0.25) is 14.8 Å². The minimum absolute atomic E-state index is 0.0475. The van der Waals surface area contributed by atoms with E-state index in [1.54, 1.807) is 6.07 Å². The van der Waals surface area contributed by atoms with E-state index in [1.807, 2.05) is 6.07 Å². The molecule has 1 unspecified atom stereocenters. The number of aliphatic carboxylic acids is 1. The summed E-state index contributed by atoms with van der Waals surface area (Å²) >= 11 is 0. The van der Waals surface area contributed by atoms with Crippen molar-refractivity contribution in [3.63, 3.8) is 0 Å². The zero-order valence-corrected chi connectivity index (χ0v) is 17.0. The number of hydrogen-bond acceptors (Lipinski definition) is 7. The predicted molar refractivity (Wildman–Crippen MR) is 100 cm³/mol. The van der Waals surface area contributed by atoms with E-state index in [4.69, 9.17) is 9.47 Å². The molecule has 0 bridgehead atoms. The Balaban J connectivity index is 1.85. The molecule has 1 heterocycles. The minimum Gasteiger partial charge on any atom is -0.493 e. The molecular formula is C18H24N2O8S. The molecular weight excluding hydrogens is 404 g/mol. The van der Waals surface area contributed by atoms with Crippen molar-refractivity contribution < 1.29 is 37.8 Å². The summed E-state index contributed by atoms with van der Waals surface area (Å²) < 4.78 is 37.8. The van der Waals surface area contributed by atoms with Crippen molar-refractivity contribution in [2.45, 2.75) is 31.8 Å². The first-order chi connectivity index (χ1) is 13.7. The van der Waals surface area contributed by atoms with E-state index in [-0.39, 0.29) is 37.4 Å². The zero-order valence-electron chi connectivity index (χ0n) is 16.2. The fourth-order valence-corrected chi connectivity index (χ4v) is 5.57. The lowest BCUT2D eigenvalue weighted by Gasteiger charge is -2.33. The highest BCUT2D eigenvalue weighted by atomic mass is 32.2. The third-order valence-electron chi connectivity index (χ3n) is 5.72. The normalized spacial score (nSPS) is 19.0. The smallest absolute Gasteiger partial charge is 0.311 e. The zero-order chi connectivity index (χ0) is 21.4. The molecule has 11 heteroatoms. The van der Waals surface area contributed by atoms with E-state index in [0.29, 0.717) is 17.9 Å². The van der Waals surface area contributed by atoms with Gasteiger partial charge in [-0.2, -0.15) is 4.31 Å². The molecule has 1 aromatic rings. The van der Waals surface area contributed by atoms with Gasteiger partial charge in [0.1, 0.15) is 0 Å². The lowest BCUT2D eigenvalue weighted by molar-refractivity contribution is -0.172. The highest BCUT2D eigenvalue weighted by Gasteiger charge is 2.59. The molecule has 1 amide bonds. The van der Waals surface area contributed by atoms with Crippen LogP contribution in [-0.2, 0) is 32.6 Å². The molecule has 1 aliphatic heterocycles. The van der Waals surface area contributed by atoms with E-state index >= 15 is 0 Å². The first-order valence-corrected chi connectivity index (χ1v) is 10.7. The Morgan fingerprint density at radius 3 is 2.34 bits per heavy atom. The second kappa shape index (κ2) is 7.81.